The number of carbonyl (C=O) groups is 2. The summed E-state index contributed by atoms with van der Waals surface area (Å²) in [6, 6.07) is 7.79. The summed E-state index contributed by atoms with van der Waals surface area (Å²) in [5.41, 5.74) is -0.380. The highest BCUT2D eigenvalue weighted by molar-refractivity contribution is 5.86. The van der Waals surface area contributed by atoms with Crippen LogP contribution in [0.15, 0.2) is 54.6 Å². The van der Waals surface area contributed by atoms with Gasteiger partial charge in [-0.3, -0.25) is 9.63 Å². The molecule has 3 atom stereocenters. The topological polar surface area (TPSA) is 88.1 Å². The number of ether oxygens (including phenoxy) is 1. The lowest BCUT2D eigenvalue weighted by molar-refractivity contribution is -0.197. The van der Waals surface area contributed by atoms with Crippen molar-refractivity contribution in [2.75, 3.05) is 7.11 Å². The van der Waals surface area contributed by atoms with Crippen molar-refractivity contribution in [2.45, 2.75) is 37.1 Å². The van der Waals surface area contributed by atoms with E-state index >= 15 is 0 Å². The molecule has 0 radical (unpaired) electrons. The maximum Gasteiger partial charge on any atom is 0.408 e. The monoisotopic (exact) mass is 358 g/mol. The van der Waals surface area contributed by atoms with Crippen molar-refractivity contribution in [3.05, 3.63) is 60.2 Å². The molecule has 1 aromatic carbocycles. The van der Waals surface area contributed by atoms with Crippen molar-refractivity contribution in [3.8, 4) is 0 Å². The predicted octanol–water partition coefficient (Wildman–Crippen LogP) is 1.69. The summed E-state index contributed by atoms with van der Waals surface area (Å²) >= 11 is 0. The Bertz CT molecular complexity index is 718. The average Bonchev–Trinajstić information content (AvgIpc) is 2.76. The fourth-order valence-electron chi connectivity index (χ4n) is 3.20. The molecular weight excluding hydrogens is 336 g/mol. The molecule has 2 aliphatic rings. The number of alkyl carbamates (subject to hydrolysis) is 1. The van der Waals surface area contributed by atoms with Gasteiger partial charge >= 0.3 is 6.09 Å². The van der Waals surface area contributed by atoms with Crippen molar-refractivity contribution in [1.29, 1.82) is 0 Å². The lowest BCUT2D eigenvalue weighted by Crippen LogP contribution is -2.54. The van der Waals surface area contributed by atoms with Crippen LogP contribution in [0.5, 0.6) is 0 Å². The van der Waals surface area contributed by atoms with Gasteiger partial charge in [0.15, 0.2) is 0 Å². The largest absolute Gasteiger partial charge is 0.445 e. The Morgan fingerprint density at radius 2 is 2.12 bits per heavy atom. The molecule has 26 heavy (non-hydrogen) atoms. The Hall–Kier alpha value is -2.64. The van der Waals surface area contributed by atoms with Gasteiger partial charge in [0.25, 0.3) is 5.91 Å². The van der Waals surface area contributed by atoms with Gasteiger partial charge in [-0.15, -0.1) is 0 Å². The van der Waals surface area contributed by atoms with E-state index in [0.29, 0.717) is 6.42 Å². The number of allylic oxidation sites excluding steroid dienone is 2. The second kappa shape index (κ2) is 7.72. The minimum absolute atomic E-state index is 0.111. The van der Waals surface area contributed by atoms with Crippen molar-refractivity contribution >= 4 is 12.0 Å². The van der Waals surface area contributed by atoms with Gasteiger partial charge in [0.2, 0.25) is 0 Å². The van der Waals surface area contributed by atoms with Crippen molar-refractivity contribution in [2.24, 2.45) is 0 Å². The number of carbonyl (C=O) groups excluding carboxylic acids is 2. The highest BCUT2D eigenvalue weighted by Crippen LogP contribution is 2.32. The first-order chi connectivity index (χ1) is 12.5. The number of fused-ring (bicyclic) bond motifs is 1. The molecule has 7 nitrogen and oxygen atoms in total. The zero-order valence-corrected chi connectivity index (χ0v) is 14.5. The van der Waals surface area contributed by atoms with Gasteiger partial charge in [-0.05, 0) is 18.4 Å². The predicted molar refractivity (Wildman–Crippen MR) is 93.7 cm³/mol. The molecule has 3 rings (SSSR count). The zero-order valence-electron chi connectivity index (χ0n) is 14.5. The van der Waals surface area contributed by atoms with Gasteiger partial charge in [-0.1, -0.05) is 54.6 Å². The SMILES string of the molecule is CON1C(=O)[C@@H](NC(=O)OCc2ccccc2)CCC2(O)C=CC=CC12. The molecule has 138 valence electrons. The lowest BCUT2D eigenvalue weighted by atomic mass is 9.86. The Balaban J connectivity index is 1.66. The first-order valence-corrected chi connectivity index (χ1v) is 8.46. The van der Waals surface area contributed by atoms with E-state index in [1.807, 2.05) is 30.3 Å². The van der Waals surface area contributed by atoms with Crippen LogP contribution >= 0.6 is 0 Å². The van der Waals surface area contributed by atoms with E-state index in [1.54, 1.807) is 24.3 Å². The van der Waals surface area contributed by atoms with Crippen LogP contribution in [0, 0.1) is 0 Å². The number of nitrogens with one attached hydrogen (secondary N) is 1. The molecular formula is C19H22N2O5. The molecule has 0 bridgehead atoms. The highest BCUT2D eigenvalue weighted by Gasteiger charge is 2.46. The van der Waals surface area contributed by atoms with E-state index in [0.717, 1.165) is 10.6 Å². The number of aliphatic hydroxyl groups is 1. The number of hydroxylamine groups is 2. The van der Waals surface area contributed by atoms with Crippen LogP contribution in [0.3, 0.4) is 0 Å². The number of hydrogen-bond donors (Lipinski definition) is 2. The lowest BCUT2D eigenvalue weighted by Gasteiger charge is -2.37. The molecule has 1 aliphatic heterocycles. The van der Waals surface area contributed by atoms with Crippen molar-refractivity contribution in [3.63, 3.8) is 0 Å². The third-order valence-electron chi connectivity index (χ3n) is 4.60. The molecule has 1 fully saturated rings. The number of hydrogen-bond acceptors (Lipinski definition) is 5. The Kier molecular flexibility index (Phi) is 5.39. The van der Waals surface area contributed by atoms with Gasteiger partial charge < -0.3 is 15.2 Å². The van der Waals surface area contributed by atoms with Crippen LogP contribution in [-0.4, -0.2) is 47.0 Å². The van der Waals surface area contributed by atoms with Gasteiger partial charge in [-0.25, -0.2) is 9.86 Å². The van der Waals surface area contributed by atoms with Crippen LogP contribution in [0.1, 0.15) is 18.4 Å². The van der Waals surface area contributed by atoms with Crippen LogP contribution in [0.2, 0.25) is 0 Å². The van der Waals surface area contributed by atoms with Gasteiger partial charge in [0.05, 0.1) is 7.11 Å². The summed E-state index contributed by atoms with van der Waals surface area (Å²) in [6.07, 6.45) is 6.71. The summed E-state index contributed by atoms with van der Waals surface area (Å²) in [5, 5.41) is 14.5. The van der Waals surface area contributed by atoms with Crippen molar-refractivity contribution < 1.29 is 24.3 Å². The minimum atomic E-state index is -1.23. The molecule has 7 heteroatoms. The van der Waals surface area contributed by atoms with Gasteiger partial charge in [0, 0.05) is 0 Å². The molecule has 1 aliphatic carbocycles. The summed E-state index contributed by atoms with van der Waals surface area (Å²) < 4.78 is 5.18. The highest BCUT2D eigenvalue weighted by atomic mass is 16.7. The third kappa shape index (κ3) is 3.79. The second-order valence-corrected chi connectivity index (χ2v) is 6.32. The molecule has 2 unspecified atom stereocenters. The van der Waals surface area contributed by atoms with E-state index in [9.17, 15) is 14.7 Å². The number of nitrogens with zero attached hydrogens (tertiary/aromatic N) is 1. The number of amides is 2. The minimum Gasteiger partial charge on any atom is -0.445 e. The van der Waals surface area contributed by atoms with E-state index in [2.05, 4.69) is 5.32 Å². The Morgan fingerprint density at radius 3 is 2.85 bits per heavy atom. The molecule has 0 spiro atoms. The standard InChI is InChI=1S/C19H22N2O5/c1-25-21-16-9-5-6-11-19(16,24)12-10-15(17(21)22)20-18(23)26-13-14-7-3-2-4-8-14/h2-9,11,15-16,24H,10,12-13H2,1H3,(H,20,23)/t15-,16?,19?/m0/s1. The fourth-order valence-corrected chi connectivity index (χ4v) is 3.20. The fraction of sp³-hybridized carbons (Fsp3) is 0.368. The Labute approximate surface area is 151 Å². The van der Waals surface area contributed by atoms with Gasteiger partial charge in [-0.2, -0.15) is 0 Å². The summed E-state index contributed by atoms with van der Waals surface area (Å²) in [5.74, 6) is -0.426. The maximum absolute atomic E-state index is 12.7. The molecule has 2 N–H and O–H groups in total. The molecule has 1 aromatic rings. The first kappa shape index (κ1) is 18.2. The van der Waals surface area contributed by atoms with Crippen molar-refractivity contribution in [1.82, 2.24) is 10.4 Å². The average molecular weight is 358 g/mol. The van der Waals surface area contributed by atoms with Gasteiger partial charge in [0.1, 0.15) is 24.3 Å². The Morgan fingerprint density at radius 1 is 1.35 bits per heavy atom. The molecule has 1 heterocycles. The van der Waals surface area contributed by atoms with E-state index in [-0.39, 0.29) is 13.0 Å². The third-order valence-corrected chi connectivity index (χ3v) is 4.60. The van der Waals surface area contributed by atoms with E-state index in [4.69, 9.17) is 9.57 Å². The molecule has 0 saturated carbocycles. The quantitative estimate of drug-likeness (QED) is 0.855. The molecule has 0 aromatic heterocycles. The van der Waals surface area contributed by atoms with E-state index in [1.165, 1.54) is 7.11 Å². The summed E-state index contributed by atoms with van der Waals surface area (Å²) in [4.78, 5) is 30.0. The number of benzene rings is 1. The molecule has 2 amide bonds. The van der Waals surface area contributed by atoms with Crippen LogP contribution in [-0.2, 0) is 21.0 Å². The smallest absolute Gasteiger partial charge is 0.408 e. The molecule has 1 saturated heterocycles. The van der Waals surface area contributed by atoms with Crippen LogP contribution in [0.25, 0.3) is 0 Å². The van der Waals surface area contributed by atoms with Crippen LogP contribution in [0.4, 0.5) is 4.79 Å². The van der Waals surface area contributed by atoms with E-state index < -0.39 is 29.7 Å². The summed E-state index contributed by atoms with van der Waals surface area (Å²) in [6.45, 7) is 0.111. The zero-order chi connectivity index (χ0) is 18.6. The number of rotatable bonds is 4. The summed E-state index contributed by atoms with van der Waals surface area (Å²) in [7, 11) is 1.36. The normalized spacial score (nSPS) is 27.6. The maximum atomic E-state index is 12.7. The first-order valence-electron chi connectivity index (χ1n) is 8.46. The second-order valence-electron chi connectivity index (χ2n) is 6.32. The van der Waals surface area contributed by atoms with Crippen LogP contribution < -0.4 is 5.32 Å².